The first-order valence-corrected chi connectivity index (χ1v) is 14.2. The number of nitrogens with zero attached hydrogens (tertiary/aromatic N) is 4. The van der Waals surface area contributed by atoms with E-state index in [1.165, 1.54) is 32.4 Å². The van der Waals surface area contributed by atoms with Crippen LogP contribution < -0.4 is 13.9 Å². The zero-order chi connectivity index (χ0) is 30.0. The maximum atomic E-state index is 14.4. The third-order valence-electron chi connectivity index (χ3n) is 7.00. The number of methoxy groups -OCH3 is 2. The van der Waals surface area contributed by atoms with Gasteiger partial charge in [-0.1, -0.05) is 18.2 Å². The zero-order valence-electron chi connectivity index (χ0n) is 23.2. The molecule has 8 nitrogen and oxygen atoms in total. The van der Waals surface area contributed by atoms with E-state index in [9.17, 15) is 26.0 Å². The summed E-state index contributed by atoms with van der Waals surface area (Å²) >= 11 is 0. The molecule has 13 heteroatoms. The molecule has 0 saturated carbocycles. The van der Waals surface area contributed by atoms with Crippen molar-refractivity contribution in [2.24, 2.45) is 0 Å². The number of hydrogen-bond donors (Lipinski definition) is 0. The van der Waals surface area contributed by atoms with Crippen molar-refractivity contribution in [1.29, 1.82) is 0 Å². The van der Waals surface area contributed by atoms with E-state index in [2.05, 4.69) is 4.98 Å². The number of rotatable bonds is 10. The van der Waals surface area contributed by atoms with Gasteiger partial charge in [-0.15, -0.1) is 0 Å². The lowest BCUT2D eigenvalue weighted by Gasteiger charge is -2.32. The van der Waals surface area contributed by atoms with Gasteiger partial charge in [-0.2, -0.15) is 17.6 Å². The molecule has 0 amide bonds. The van der Waals surface area contributed by atoms with E-state index in [1.807, 2.05) is 19.0 Å². The lowest BCUT2D eigenvalue weighted by Crippen LogP contribution is -2.44. The molecule has 41 heavy (non-hydrogen) atoms. The van der Waals surface area contributed by atoms with Crippen molar-refractivity contribution in [3.8, 4) is 5.75 Å². The van der Waals surface area contributed by atoms with Gasteiger partial charge in [-0.3, -0.25) is 0 Å². The van der Waals surface area contributed by atoms with E-state index in [0.717, 1.165) is 16.4 Å². The molecule has 4 rings (SSSR count). The minimum absolute atomic E-state index is 0.139. The van der Waals surface area contributed by atoms with E-state index < -0.39 is 38.2 Å². The summed E-state index contributed by atoms with van der Waals surface area (Å²) in [4.78, 5) is 6.58. The van der Waals surface area contributed by atoms with Crippen molar-refractivity contribution in [2.75, 3.05) is 57.2 Å². The van der Waals surface area contributed by atoms with Crippen LogP contribution in [-0.2, 0) is 27.5 Å². The second-order valence-corrected chi connectivity index (χ2v) is 12.0. The quantitative estimate of drug-likeness (QED) is 0.246. The number of halogens is 4. The molecule has 1 atom stereocenters. The van der Waals surface area contributed by atoms with Crippen LogP contribution in [0, 0.1) is 5.95 Å². The number of benzene rings is 2. The van der Waals surface area contributed by atoms with Crippen LogP contribution in [0.3, 0.4) is 0 Å². The van der Waals surface area contributed by atoms with E-state index in [-0.39, 0.29) is 24.6 Å². The molecule has 0 bridgehead atoms. The van der Waals surface area contributed by atoms with E-state index in [1.54, 1.807) is 29.2 Å². The molecule has 1 aromatic heterocycles. The fraction of sp³-hybridized carbons (Fsp3) is 0.393. The van der Waals surface area contributed by atoms with Crippen LogP contribution in [0.15, 0.2) is 65.6 Å². The molecule has 0 N–H and O–H groups in total. The number of hydrogen-bond acceptors (Lipinski definition) is 7. The predicted octanol–water partition coefficient (Wildman–Crippen LogP) is 4.80. The Balaban J connectivity index is 1.76. The third-order valence-corrected chi connectivity index (χ3v) is 8.74. The fourth-order valence-corrected chi connectivity index (χ4v) is 6.44. The van der Waals surface area contributed by atoms with Gasteiger partial charge in [0.25, 0.3) is 10.0 Å². The SMILES string of the molecule is COc1ccc(CN(c2cccc(F)n2)S(=O)(=O)c2ccc(N3CC[C@](CN(C)C)(OC)C3)c(C(F)(F)F)c2)cc1. The number of sulfonamides is 1. The van der Waals surface area contributed by atoms with Gasteiger partial charge in [-0.05, 0) is 68.5 Å². The average molecular weight is 597 g/mol. The molecule has 0 spiro atoms. The van der Waals surface area contributed by atoms with Crippen molar-refractivity contribution in [3.05, 3.63) is 77.7 Å². The Morgan fingerprint density at radius 2 is 1.76 bits per heavy atom. The molecular weight excluding hydrogens is 564 g/mol. The van der Waals surface area contributed by atoms with Crippen LogP contribution in [0.5, 0.6) is 5.75 Å². The molecule has 1 aliphatic heterocycles. The molecule has 1 fully saturated rings. The first-order valence-electron chi connectivity index (χ1n) is 12.7. The lowest BCUT2D eigenvalue weighted by molar-refractivity contribution is -0.137. The van der Waals surface area contributed by atoms with Crippen LogP contribution in [0.25, 0.3) is 0 Å². The maximum Gasteiger partial charge on any atom is 0.418 e. The summed E-state index contributed by atoms with van der Waals surface area (Å²) in [5.74, 6) is -0.675. The summed E-state index contributed by atoms with van der Waals surface area (Å²) in [6.45, 7) is 0.703. The highest BCUT2D eigenvalue weighted by atomic mass is 32.2. The molecule has 1 aliphatic rings. The molecule has 2 heterocycles. The topological polar surface area (TPSA) is 75.2 Å². The molecule has 3 aromatic rings. The highest BCUT2D eigenvalue weighted by Crippen LogP contribution is 2.41. The highest BCUT2D eigenvalue weighted by Gasteiger charge is 2.43. The van der Waals surface area contributed by atoms with Crippen molar-refractivity contribution in [2.45, 2.75) is 29.6 Å². The van der Waals surface area contributed by atoms with E-state index >= 15 is 0 Å². The number of ether oxygens (including phenoxy) is 2. The summed E-state index contributed by atoms with van der Waals surface area (Å²) in [6.07, 6.45) is -4.35. The fourth-order valence-electron chi connectivity index (χ4n) is 5.01. The number of likely N-dealkylation sites (N-methyl/N-ethyl adjacent to an activating group) is 1. The van der Waals surface area contributed by atoms with E-state index in [0.29, 0.717) is 36.9 Å². The zero-order valence-corrected chi connectivity index (χ0v) is 24.0. The lowest BCUT2D eigenvalue weighted by atomic mass is 10.0. The predicted molar refractivity (Wildman–Crippen MR) is 147 cm³/mol. The van der Waals surface area contributed by atoms with Gasteiger partial charge >= 0.3 is 6.18 Å². The highest BCUT2D eigenvalue weighted by molar-refractivity contribution is 7.92. The monoisotopic (exact) mass is 596 g/mol. The normalized spacial score (nSPS) is 17.7. The minimum atomic E-state index is -4.85. The molecule has 2 aromatic carbocycles. The Labute approximate surface area is 237 Å². The molecule has 222 valence electrons. The molecule has 0 aliphatic carbocycles. The maximum absolute atomic E-state index is 14.4. The van der Waals surface area contributed by atoms with Gasteiger partial charge in [-0.25, -0.2) is 17.7 Å². The van der Waals surface area contributed by atoms with Crippen LogP contribution in [0.1, 0.15) is 17.5 Å². The van der Waals surface area contributed by atoms with Gasteiger partial charge in [0.05, 0.1) is 29.7 Å². The van der Waals surface area contributed by atoms with Crippen LogP contribution in [-0.4, -0.2) is 71.9 Å². The second-order valence-electron chi connectivity index (χ2n) is 10.2. The van der Waals surface area contributed by atoms with Gasteiger partial charge in [0, 0.05) is 32.4 Å². The second kappa shape index (κ2) is 11.8. The first kappa shape index (κ1) is 30.5. The van der Waals surface area contributed by atoms with E-state index in [4.69, 9.17) is 9.47 Å². The number of anilines is 2. The van der Waals surface area contributed by atoms with Crippen LogP contribution >= 0.6 is 0 Å². The average Bonchev–Trinajstić information content (AvgIpc) is 3.34. The largest absolute Gasteiger partial charge is 0.497 e. The third kappa shape index (κ3) is 6.74. The van der Waals surface area contributed by atoms with Gasteiger partial charge in [0.2, 0.25) is 5.95 Å². The number of aromatic nitrogens is 1. The van der Waals surface area contributed by atoms with Crippen LogP contribution in [0.2, 0.25) is 0 Å². The Morgan fingerprint density at radius 1 is 1.05 bits per heavy atom. The number of alkyl halides is 3. The Hall–Kier alpha value is -3.42. The standard InChI is InChI=1S/C28H32F4N4O4S/c1-34(2)18-27(40-4)14-15-35(19-27)24-13-12-22(16-23(24)28(30,31)32)41(37,38)36(26-7-5-6-25(29)33-26)17-20-8-10-21(39-3)11-9-20/h5-13,16H,14-15,17-19H2,1-4H3/t27-/m1/s1. The molecular formula is C28H32F4N4O4S. The smallest absolute Gasteiger partial charge is 0.418 e. The summed E-state index contributed by atoms with van der Waals surface area (Å²) in [5.41, 5.74) is -1.41. The summed E-state index contributed by atoms with van der Waals surface area (Å²) in [7, 11) is 2.09. The van der Waals surface area contributed by atoms with Gasteiger partial charge < -0.3 is 19.3 Å². The summed E-state index contributed by atoms with van der Waals surface area (Å²) in [5, 5.41) is 0. The Kier molecular flexibility index (Phi) is 8.81. The van der Waals surface area contributed by atoms with Crippen molar-refractivity contribution < 1.29 is 35.5 Å². The number of pyridine rings is 1. The molecule has 0 radical (unpaired) electrons. The van der Waals surface area contributed by atoms with Crippen molar-refractivity contribution >= 4 is 21.5 Å². The van der Waals surface area contributed by atoms with Crippen molar-refractivity contribution in [3.63, 3.8) is 0 Å². The molecule has 1 saturated heterocycles. The summed E-state index contributed by atoms with van der Waals surface area (Å²) in [6, 6.07) is 13.0. The minimum Gasteiger partial charge on any atom is -0.497 e. The Morgan fingerprint density at radius 3 is 2.34 bits per heavy atom. The first-order chi connectivity index (χ1) is 19.3. The van der Waals surface area contributed by atoms with Crippen LogP contribution in [0.4, 0.5) is 29.1 Å². The van der Waals surface area contributed by atoms with Gasteiger partial charge in [0.1, 0.15) is 11.6 Å². The summed E-state index contributed by atoms with van der Waals surface area (Å²) < 4.78 is 96.7. The Bertz CT molecular complexity index is 1470. The molecule has 0 unspecified atom stereocenters. The van der Waals surface area contributed by atoms with Gasteiger partial charge in [0.15, 0.2) is 0 Å². The van der Waals surface area contributed by atoms with Crippen molar-refractivity contribution in [1.82, 2.24) is 9.88 Å².